The van der Waals surface area contributed by atoms with E-state index in [0.717, 1.165) is 17.0 Å². The van der Waals surface area contributed by atoms with Crippen LogP contribution in [0.2, 0.25) is 0 Å². The fourth-order valence-corrected chi connectivity index (χ4v) is 2.95. The van der Waals surface area contributed by atoms with Gasteiger partial charge in [-0.3, -0.25) is 4.79 Å². The van der Waals surface area contributed by atoms with Crippen LogP contribution in [0.5, 0.6) is 23.0 Å². The first-order valence-corrected chi connectivity index (χ1v) is 9.48. The summed E-state index contributed by atoms with van der Waals surface area (Å²) >= 11 is 0. The van der Waals surface area contributed by atoms with Crippen molar-refractivity contribution >= 4 is 23.4 Å². The van der Waals surface area contributed by atoms with E-state index in [0.29, 0.717) is 28.6 Å². The molecule has 3 aromatic rings. The average molecular weight is 420 g/mol. The number of methoxy groups -OCH3 is 4. The van der Waals surface area contributed by atoms with E-state index in [1.54, 1.807) is 31.5 Å². The van der Waals surface area contributed by atoms with Crippen molar-refractivity contribution in [2.24, 2.45) is 0 Å². The SMILES string of the molecule is COc1ccc(Nc2ncccc2C=CC(=O)c2cc(OC)c(OC)c(OC)c2)cc1. The lowest BCUT2D eigenvalue weighted by molar-refractivity contribution is 0.104. The third kappa shape index (κ3) is 5.14. The fourth-order valence-electron chi connectivity index (χ4n) is 2.95. The summed E-state index contributed by atoms with van der Waals surface area (Å²) in [5, 5.41) is 3.25. The molecule has 0 bridgehead atoms. The lowest BCUT2D eigenvalue weighted by atomic mass is 10.1. The number of allylic oxidation sites excluding steroid dienone is 1. The molecule has 7 heteroatoms. The van der Waals surface area contributed by atoms with Crippen LogP contribution in [0, 0.1) is 0 Å². The number of hydrogen-bond acceptors (Lipinski definition) is 7. The molecule has 0 amide bonds. The van der Waals surface area contributed by atoms with E-state index in [1.165, 1.54) is 27.4 Å². The predicted octanol–water partition coefficient (Wildman–Crippen LogP) is 4.76. The number of ketones is 1. The van der Waals surface area contributed by atoms with Crippen LogP contribution in [-0.4, -0.2) is 39.2 Å². The van der Waals surface area contributed by atoms with Gasteiger partial charge in [-0.15, -0.1) is 0 Å². The van der Waals surface area contributed by atoms with Gasteiger partial charge in [0.2, 0.25) is 5.75 Å². The highest BCUT2D eigenvalue weighted by Crippen LogP contribution is 2.38. The van der Waals surface area contributed by atoms with Crippen LogP contribution in [0.3, 0.4) is 0 Å². The molecule has 1 aromatic heterocycles. The molecule has 2 aromatic carbocycles. The minimum atomic E-state index is -0.210. The van der Waals surface area contributed by atoms with Crippen LogP contribution in [-0.2, 0) is 0 Å². The van der Waals surface area contributed by atoms with Crippen LogP contribution in [0.15, 0.2) is 60.8 Å². The van der Waals surface area contributed by atoms with Crippen molar-refractivity contribution in [1.29, 1.82) is 0 Å². The molecular weight excluding hydrogens is 396 g/mol. The quantitative estimate of drug-likeness (QED) is 0.395. The van der Waals surface area contributed by atoms with Gasteiger partial charge >= 0.3 is 0 Å². The molecule has 0 radical (unpaired) electrons. The highest BCUT2D eigenvalue weighted by molar-refractivity contribution is 6.07. The Labute approximate surface area is 181 Å². The summed E-state index contributed by atoms with van der Waals surface area (Å²) in [6, 6.07) is 14.4. The Morgan fingerprint density at radius 3 is 2.16 bits per heavy atom. The first-order valence-electron chi connectivity index (χ1n) is 9.48. The molecule has 31 heavy (non-hydrogen) atoms. The molecule has 1 heterocycles. The summed E-state index contributed by atoms with van der Waals surface area (Å²) in [6.45, 7) is 0. The standard InChI is InChI=1S/C24H24N2O5/c1-28-19-10-8-18(9-11-19)26-24-16(6-5-13-25-24)7-12-20(27)17-14-21(29-2)23(31-4)22(15-17)30-3/h5-15H,1-4H3,(H,25,26). The zero-order valence-corrected chi connectivity index (χ0v) is 17.8. The van der Waals surface area contributed by atoms with Gasteiger partial charge in [-0.05, 0) is 60.7 Å². The van der Waals surface area contributed by atoms with Crippen LogP contribution >= 0.6 is 0 Å². The number of ether oxygens (including phenoxy) is 4. The lowest BCUT2D eigenvalue weighted by Gasteiger charge is -2.13. The Kier molecular flexibility index (Phi) is 7.11. The third-order valence-electron chi connectivity index (χ3n) is 4.56. The number of aromatic nitrogens is 1. The highest BCUT2D eigenvalue weighted by Gasteiger charge is 2.16. The number of benzene rings is 2. The van der Waals surface area contributed by atoms with Crippen LogP contribution < -0.4 is 24.3 Å². The number of pyridine rings is 1. The van der Waals surface area contributed by atoms with Crippen molar-refractivity contribution < 1.29 is 23.7 Å². The summed E-state index contributed by atoms with van der Waals surface area (Å²) in [6.07, 6.45) is 4.88. The molecule has 0 aliphatic rings. The molecule has 0 fully saturated rings. The van der Waals surface area contributed by atoms with Gasteiger partial charge in [-0.1, -0.05) is 0 Å². The molecule has 0 unspecified atom stereocenters. The largest absolute Gasteiger partial charge is 0.497 e. The first-order chi connectivity index (χ1) is 15.1. The highest BCUT2D eigenvalue weighted by atomic mass is 16.5. The molecule has 0 spiro atoms. The molecule has 3 rings (SSSR count). The molecule has 0 saturated heterocycles. The molecule has 0 saturated carbocycles. The topological polar surface area (TPSA) is 78.9 Å². The van der Waals surface area contributed by atoms with Crippen LogP contribution in [0.25, 0.3) is 6.08 Å². The smallest absolute Gasteiger partial charge is 0.203 e. The van der Waals surface area contributed by atoms with E-state index in [4.69, 9.17) is 18.9 Å². The van der Waals surface area contributed by atoms with Crippen molar-refractivity contribution in [3.05, 3.63) is 71.9 Å². The van der Waals surface area contributed by atoms with Crippen molar-refractivity contribution in [2.75, 3.05) is 33.8 Å². The number of nitrogens with zero attached hydrogens (tertiary/aromatic N) is 1. The number of anilines is 2. The summed E-state index contributed by atoms with van der Waals surface area (Å²) in [5.74, 6) is 2.45. The predicted molar refractivity (Wildman–Crippen MR) is 120 cm³/mol. The number of carbonyl (C=O) groups is 1. The summed E-state index contributed by atoms with van der Waals surface area (Å²) in [7, 11) is 6.15. The Balaban J connectivity index is 1.84. The van der Waals surface area contributed by atoms with Gasteiger partial charge in [-0.25, -0.2) is 4.98 Å². The summed E-state index contributed by atoms with van der Waals surface area (Å²) in [4.78, 5) is 17.2. The Hall–Kier alpha value is -4.00. The van der Waals surface area contributed by atoms with Gasteiger partial charge in [0.1, 0.15) is 11.6 Å². The second-order valence-corrected chi connectivity index (χ2v) is 6.41. The van der Waals surface area contributed by atoms with Crippen molar-refractivity contribution in [1.82, 2.24) is 4.98 Å². The van der Waals surface area contributed by atoms with E-state index in [9.17, 15) is 4.79 Å². The molecule has 160 valence electrons. The molecule has 1 N–H and O–H groups in total. The maximum Gasteiger partial charge on any atom is 0.203 e. The molecule has 0 aliphatic carbocycles. The normalized spacial score (nSPS) is 10.6. The van der Waals surface area contributed by atoms with E-state index < -0.39 is 0 Å². The Bertz CT molecular complexity index is 1050. The minimum Gasteiger partial charge on any atom is -0.497 e. The maximum atomic E-state index is 12.8. The van der Waals surface area contributed by atoms with Gasteiger partial charge in [0.25, 0.3) is 0 Å². The van der Waals surface area contributed by atoms with Gasteiger partial charge in [0.15, 0.2) is 17.3 Å². The Morgan fingerprint density at radius 2 is 1.58 bits per heavy atom. The average Bonchev–Trinajstić information content (AvgIpc) is 2.82. The third-order valence-corrected chi connectivity index (χ3v) is 4.56. The van der Waals surface area contributed by atoms with E-state index >= 15 is 0 Å². The van der Waals surface area contributed by atoms with E-state index in [2.05, 4.69) is 10.3 Å². The van der Waals surface area contributed by atoms with Crippen molar-refractivity contribution in [3.63, 3.8) is 0 Å². The second-order valence-electron chi connectivity index (χ2n) is 6.41. The van der Waals surface area contributed by atoms with Gasteiger partial charge in [0.05, 0.1) is 28.4 Å². The van der Waals surface area contributed by atoms with E-state index in [1.807, 2.05) is 36.4 Å². The monoisotopic (exact) mass is 420 g/mol. The molecule has 0 aliphatic heterocycles. The van der Waals surface area contributed by atoms with Crippen LogP contribution in [0.1, 0.15) is 15.9 Å². The van der Waals surface area contributed by atoms with Gasteiger partial charge in [0, 0.05) is 23.0 Å². The Morgan fingerprint density at radius 1 is 0.903 bits per heavy atom. The fraction of sp³-hybridized carbons (Fsp3) is 0.167. The number of carbonyl (C=O) groups excluding carboxylic acids is 1. The summed E-state index contributed by atoms with van der Waals surface area (Å²) in [5.41, 5.74) is 2.03. The molecule has 7 nitrogen and oxygen atoms in total. The molecular formula is C24H24N2O5. The zero-order valence-electron chi connectivity index (χ0n) is 17.8. The number of hydrogen-bond donors (Lipinski definition) is 1. The van der Waals surface area contributed by atoms with Crippen molar-refractivity contribution in [3.8, 4) is 23.0 Å². The number of nitrogens with one attached hydrogen (secondary N) is 1. The molecule has 0 atom stereocenters. The van der Waals surface area contributed by atoms with Crippen LogP contribution in [0.4, 0.5) is 11.5 Å². The maximum absolute atomic E-state index is 12.8. The number of rotatable bonds is 9. The second kappa shape index (κ2) is 10.2. The van der Waals surface area contributed by atoms with E-state index in [-0.39, 0.29) is 5.78 Å². The van der Waals surface area contributed by atoms with Crippen molar-refractivity contribution in [2.45, 2.75) is 0 Å². The van der Waals surface area contributed by atoms with Gasteiger partial charge < -0.3 is 24.3 Å². The summed E-state index contributed by atoms with van der Waals surface area (Å²) < 4.78 is 21.1. The van der Waals surface area contributed by atoms with Gasteiger partial charge in [-0.2, -0.15) is 0 Å². The zero-order chi connectivity index (χ0) is 22.2. The lowest BCUT2D eigenvalue weighted by Crippen LogP contribution is -2.01. The minimum absolute atomic E-state index is 0.210. The first kappa shape index (κ1) is 21.7.